The number of benzene rings is 1. The van der Waals surface area contributed by atoms with Crippen LogP contribution in [-0.2, 0) is 6.18 Å². The Morgan fingerprint density at radius 1 is 1.26 bits per heavy atom. The second-order valence-corrected chi connectivity index (χ2v) is 4.97. The normalized spacial score (nSPS) is 24.6. The molecule has 0 saturated carbocycles. The van der Waals surface area contributed by atoms with Crippen molar-refractivity contribution in [3.8, 4) is 0 Å². The molecule has 1 fully saturated rings. The van der Waals surface area contributed by atoms with Crippen LogP contribution in [0.5, 0.6) is 0 Å². The van der Waals surface area contributed by atoms with Gasteiger partial charge in [0.15, 0.2) is 0 Å². The van der Waals surface area contributed by atoms with E-state index in [4.69, 9.17) is 0 Å². The van der Waals surface area contributed by atoms with Gasteiger partial charge in [0.25, 0.3) is 0 Å². The second-order valence-electron chi connectivity index (χ2n) is 4.97. The highest BCUT2D eigenvalue weighted by molar-refractivity contribution is 5.52. The zero-order valence-corrected chi connectivity index (χ0v) is 10.8. The molecule has 2 atom stereocenters. The summed E-state index contributed by atoms with van der Waals surface area (Å²) < 4.78 is 51.9. The molecule has 0 spiro atoms. The minimum absolute atomic E-state index is 0.0238. The van der Waals surface area contributed by atoms with E-state index in [-0.39, 0.29) is 17.8 Å². The van der Waals surface area contributed by atoms with Crippen LogP contribution >= 0.6 is 0 Å². The van der Waals surface area contributed by atoms with Crippen molar-refractivity contribution in [2.24, 2.45) is 0 Å². The minimum atomic E-state index is -4.45. The highest BCUT2D eigenvalue weighted by Crippen LogP contribution is 2.33. The Morgan fingerprint density at radius 3 is 2.58 bits per heavy atom. The van der Waals surface area contributed by atoms with Crippen LogP contribution in [0.2, 0.25) is 0 Å². The van der Waals surface area contributed by atoms with Crippen LogP contribution in [-0.4, -0.2) is 25.2 Å². The number of halogens is 4. The third kappa shape index (κ3) is 3.00. The van der Waals surface area contributed by atoms with Crippen LogP contribution in [0.4, 0.5) is 23.2 Å². The van der Waals surface area contributed by atoms with Crippen molar-refractivity contribution in [3.05, 3.63) is 29.6 Å². The lowest BCUT2D eigenvalue weighted by Gasteiger charge is -2.39. The van der Waals surface area contributed by atoms with Crippen LogP contribution in [0.1, 0.15) is 19.4 Å². The van der Waals surface area contributed by atoms with Gasteiger partial charge < -0.3 is 10.2 Å². The van der Waals surface area contributed by atoms with Gasteiger partial charge in [-0.1, -0.05) is 0 Å². The number of hydrogen-bond acceptors (Lipinski definition) is 2. The van der Waals surface area contributed by atoms with E-state index in [0.717, 1.165) is 18.2 Å². The molecule has 0 bridgehead atoms. The number of nitrogens with one attached hydrogen (secondary N) is 1. The molecule has 1 N–H and O–H groups in total. The van der Waals surface area contributed by atoms with Gasteiger partial charge in [-0.2, -0.15) is 13.2 Å². The molecule has 106 valence electrons. The molecule has 19 heavy (non-hydrogen) atoms. The first-order valence-corrected chi connectivity index (χ1v) is 6.16. The molecule has 2 unspecified atom stereocenters. The monoisotopic (exact) mass is 276 g/mol. The Balaban J connectivity index is 2.37. The molecule has 1 aromatic rings. The summed E-state index contributed by atoms with van der Waals surface area (Å²) in [6.45, 7) is 4.89. The largest absolute Gasteiger partial charge is 0.416 e. The van der Waals surface area contributed by atoms with E-state index in [1.54, 1.807) is 4.90 Å². The molecular formula is C13H16F4N2. The van der Waals surface area contributed by atoms with Crippen LogP contribution in [0, 0.1) is 5.82 Å². The maximum atomic E-state index is 13.8. The third-order valence-electron chi connectivity index (χ3n) is 3.35. The van der Waals surface area contributed by atoms with Crippen molar-refractivity contribution in [1.29, 1.82) is 0 Å². The van der Waals surface area contributed by atoms with Crippen LogP contribution in [0.25, 0.3) is 0 Å². The smallest absolute Gasteiger partial charge is 0.364 e. The minimum Gasteiger partial charge on any atom is -0.364 e. The molecule has 1 saturated heterocycles. The quantitative estimate of drug-likeness (QED) is 0.793. The van der Waals surface area contributed by atoms with Crippen molar-refractivity contribution >= 4 is 5.69 Å². The first-order valence-electron chi connectivity index (χ1n) is 6.16. The van der Waals surface area contributed by atoms with Crippen molar-refractivity contribution < 1.29 is 17.6 Å². The molecule has 0 amide bonds. The predicted molar refractivity (Wildman–Crippen MR) is 65.7 cm³/mol. The van der Waals surface area contributed by atoms with Gasteiger partial charge in [0.2, 0.25) is 0 Å². The summed E-state index contributed by atoms with van der Waals surface area (Å²) in [6, 6.07) is 2.62. The number of nitrogens with zero attached hydrogens (tertiary/aromatic N) is 1. The SMILES string of the molecule is CC1CN(c2cc(C(F)(F)F)ccc2F)C(C)CN1. The fourth-order valence-corrected chi connectivity index (χ4v) is 2.27. The molecule has 1 heterocycles. The van der Waals surface area contributed by atoms with Crippen molar-refractivity contribution in [2.45, 2.75) is 32.1 Å². The Morgan fingerprint density at radius 2 is 1.95 bits per heavy atom. The Bertz CT molecular complexity index is 458. The Labute approximate surface area is 109 Å². The molecule has 0 aromatic heterocycles. The van der Waals surface area contributed by atoms with E-state index in [1.165, 1.54) is 0 Å². The fourth-order valence-electron chi connectivity index (χ4n) is 2.27. The van der Waals surface area contributed by atoms with Gasteiger partial charge in [0, 0.05) is 25.2 Å². The van der Waals surface area contributed by atoms with E-state index in [2.05, 4.69) is 5.32 Å². The van der Waals surface area contributed by atoms with Gasteiger partial charge in [-0.25, -0.2) is 4.39 Å². The summed E-state index contributed by atoms with van der Waals surface area (Å²) in [5, 5.41) is 3.21. The van der Waals surface area contributed by atoms with Crippen molar-refractivity contribution in [1.82, 2.24) is 5.32 Å². The molecule has 0 radical (unpaired) electrons. The van der Waals surface area contributed by atoms with E-state index < -0.39 is 17.6 Å². The number of anilines is 1. The fraction of sp³-hybridized carbons (Fsp3) is 0.538. The second kappa shape index (κ2) is 5.00. The molecule has 1 aliphatic rings. The average Bonchev–Trinajstić information content (AvgIpc) is 2.32. The molecule has 1 aliphatic heterocycles. The number of alkyl halides is 3. The van der Waals surface area contributed by atoms with Crippen molar-refractivity contribution in [2.75, 3.05) is 18.0 Å². The van der Waals surface area contributed by atoms with Gasteiger partial charge in [-0.3, -0.25) is 0 Å². The predicted octanol–water partition coefficient (Wildman–Crippen LogP) is 3.03. The van der Waals surface area contributed by atoms with Gasteiger partial charge in [-0.05, 0) is 32.0 Å². The van der Waals surface area contributed by atoms with E-state index in [9.17, 15) is 17.6 Å². The Hall–Kier alpha value is -1.30. The molecule has 0 aliphatic carbocycles. The maximum Gasteiger partial charge on any atom is 0.416 e. The van der Waals surface area contributed by atoms with Crippen LogP contribution in [0.3, 0.4) is 0 Å². The first-order chi connectivity index (χ1) is 8.79. The van der Waals surface area contributed by atoms with Gasteiger partial charge in [-0.15, -0.1) is 0 Å². The molecule has 1 aromatic carbocycles. The lowest BCUT2D eigenvalue weighted by Crippen LogP contribution is -2.54. The van der Waals surface area contributed by atoms with Gasteiger partial charge in [0.1, 0.15) is 5.82 Å². The highest BCUT2D eigenvalue weighted by Gasteiger charge is 2.33. The zero-order chi connectivity index (χ0) is 14.2. The summed E-state index contributed by atoms with van der Waals surface area (Å²) in [4.78, 5) is 1.69. The van der Waals surface area contributed by atoms with Crippen LogP contribution < -0.4 is 10.2 Å². The maximum absolute atomic E-state index is 13.8. The van der Waals surface area contributed by atoms with Crippen LogP contribution in [0.15, 0.2) is 18.2 Å². The molecule has 2 nitrogen and oxygen atoms in total. The molecule has 6 heteroatoms. The number of rotatable bonds is 1. The third-order valence-corrected chi connectivity index (χ3v) is 3.35. The van der Waals surface area contributed by atoms with E-state index in [1.807, 2.05) is 13.8 Å². The molecular weight excluding hydrogens is 260 g/mol. The molecule has 2 rings (SSSR count). The van der Waals surface area contributed by atoms with Gasteiger partial charge >= 0.3 is 6.18 Å². The lowest BCUT2D eigenvalue weighted by atomic mass is 10.1. The first kappa shape index (κ1) is 14.1. The van der Waals surface area contributed by atoms with Gasteiger partial charge in [0.05, 0.1) is 11.3 Å². The summed E-state index contributed by atoms with van der Waals surface area (Å²) in [6.07, 6.45) is -4.45. The van der Waals surface area contributed by atoms with Crippen molar-refractivity contribution in [3.63, 3.8) is 0 Å². The summed E-state index contributed by atoms with van der Waals surface area (Å²) in [5.74, 6) is -0.617. The Kier molecular flexibility index (Phi) is 3.71. The van der Waals surface area contributed by atoms with E-state index >= 15 is 0 Å². The zero-order valence-electron chi connectivity index (χ0n) is 10.8. The highest BCUT2D eigenvalue weighted by atomic mass is 19.4. The lowest BCUT2D eigenvalue weighted by molar-refractivity contribution is -0.137. The number of piperazine rings is 1. The summed E-state index contributed by atoms with van der Waals surface area (Å²) >= 11 is 0. The number of hydrogen-bond donors (Lipinski definition) is 1. The standard InChI is InChI=1S/C13H16F4N2/c1-8-7-19(9(2)6-18-8)12-5-10(13(15,16)17)3-4-11(12)14/h3-5,8-9,18H,6-7H2,1-2H3. The topological polar surface area (TPSA) is 15.3 Å². The average molecular weight is 276 g/mol. The summed E-state index contributed by atoms with van der Waals surface area (Å²) in [5.41, 5.74) is -0.794. The van der Waals surface area contributed by atoms with E-state index in [0.29, 0.717) is 13.1 Å². The summed E-state index contributed by atoms with van der Waals surface area (Å²) in [7, 11) is 0.